The van der Waals surface area contributed by atoms with Crippen LogP contribution < -0.4 is 11.1 Å². The summed E-state index contributed by atoms with van der Waals surface area (Å²) in [5.74, 6) is -0.262. The van der Waals surface area contributed by atoms with Gasteiger partial charge in [-0.25, -0.2) is 4.79 Å². The van der Waals surface area contributed by atoms with Crippen LogP contribution in [-0.2, 0) is 9.53 Å². The molecule has 1 aromatic rings. The zero-order valence-electron chi connectivity index (χ0n) is 10.1. The van der Waals surface area contributed by atoms with Crippen LogP contribution in [0.25, 0.3) is 0 Å². The molecule has 1 aliphatic rings. The molecule has 0 atom stereocenters. The van der Waals surface area contributed by atoms with E-state index in [0.717, 1.165) is 5.56 Å². The number of aryl methyl sites for hydroxylation is 1. The van der Waals surface area contributed by atoms with Crippen molar-refractivity contribution in [3.63, 3.8) is 0 Å². The highest BCUT2D eigenvalue weighted by Crippen LogP contribution is 2.18. The number of hydrogen-bond acceptors (Lipinski definition) is 4. The fraction of sp³-hybridized carbons (Fsp3) is 0.333. The second-order valence-corrected chi connectivity index (χ2v) is 4.16. The summed E-state index contributed by atoms with van der Waals surface area (Å²) < 4.78 is 4.75. The standard InChI is InChI=1S/C12H15N3O3/c1-8-2-3-9(13)6-10(8)14-11(16)7-15-4-5-18-12(15)17/h2-3,6H,4-5,7,13H2,1H3,(H,14,16). The molecule has 1 aliphatic heterocycles. The number of carbonyl (C=O) groups excluding carboxylic acids is 2. The topological polar surface area (TPSA) is 84.7 Å². The monoisotopic (exact) mass is 249 g/mol. The van der Waals surface area contributed by atoms with E-state index in [-0.39, 0.29) is 12.5 Å². The largest absolute Gasteiger partial charge is 0.448 e. The predicted octanol–water partition coefficient (Wildman–Crippen LogP) is 0.968. The highest BCUT2D eigenvalue weighted by atomic mass is 16.6. The lowest BCUT2D eigenvalue weighted by Gasteiger charge is -2.13. The molecule has 18 heavy (non-hydrogen) atoms. The Labute approximate surface area is 105 Å². The molecule has 0 unspecified atom stereocenters. The Morgan fingerprint density at radius 3 is 3.00 bits per heavy atom. The average molecular weight is 249 g/mol. The Balaban J connectivity index is 1.98. The summed E-state index contributed by atoms with van der Waals surface area (Å²) in [6.45, 7) is 2.65. The van der Waals surface area contributed by atoms with Gasteiger partial charge in [0.2, 0.25) is 5.91 Å². The summed E-state index contributed by atoms with van der Waals surface area (Å²) in [6, 6.07) is 5.29. The van der Waals surface area contributed by atoms with Crippen molar-refractivity contribution < 1.29 is 14.3 Å². The Bertz CT molecular complexity index is 487. The van der Waals surface area contributed by atoms with Gasteiger partial charge in [-0.2, -0.15) is 0 Å². The molecule has 1 aromatic carbocycles. The van der Waals surface area contributed by atoms with E-state index in [1.807, 2.05) is 13.0 Å². The third-order valence-electron chi connectivity index (χ3n) is 2.72. The van der Waals surface area contributed by atoms with Crippen LogP contribution in [0.2, 0.25) is 0 Å². The minimum atomic E-state index is -0.450. The van der Waals surface area contributed by atoms with E-state index >= 15 is 0 Å². The smallest absolute Gasteiger partial charge is 0.410 e. The lowest BCUT2D eigenvalue weighted by Crippen LogP contribution is -2.33. The lowest BCUT2D eigenvalue weighted by atomic mass is 10.2. The molecule has 1 fully saturated rings. The maximum absolute atomic E-state index is 11.8. The number of carbonyl (C=O) groups is 2. The van der Waals surface area contributed by atoms with Gasteiger partial charge in [-0.1, -0.05) is 6.07 Å². The first kappa shape index (κ1) is 12.2. The molecule has 0 radical (unpaired) electrons. The SMILES string of the molecule is Cc1ccc(N)cc1NC(=O)CN1CCOC1=O. The first-order chi connectivity index (χ1) is 8.56. The lowest BCUT2D eigenvalue weighted by molar-refractivity contribution is -0.116. The van der Waals surface area contributed by atoms with Crippen molar-refractivity contribution in [2.45, 2.75) is 6.92 Å². The van der Waals surface area contributed by atoms with E-state index in [1.165, 1.54) is 4.90 Å². The zero-order chi connectivity index (χ0) is 13.1. The third kappa shape index (κ3) is 2.71. The van der Waals surface area contributed by atoms with Crippen molar-refractivity contribution in [1.29, 1.82) is 0 Å². The van der Waals surface area contributed by atoms with Crippen LogP contribution >= 0.6 is 0 Å². The fourth-order valence-corrected chi connectivity index (χ4v) is 1.71. The molecule has 6 heteroatoms. The van der Waals surface area contributed by atoms with E-state index in [1.54, 1.807) is 12.1 Å². The van der Waals surface area contributed by atoms with Crippen LogP contribution in [0.15, 0.2) is 18.2 Å². The van der Waals surface area contributed by atoms with Crippen molar-refractivity contribution in [3.05, 3.63) is 23.8 Å². The number of ether oxygens (including phenoxy) is 1. The first-order valence-electron chi connectivity index (χ1n) is 5.64. The van der Waals surface area contributed by atoms with Gasteiger partial charge >= 0.3 is 6.09 Å². The van der Waals surface area contributed by atoms with Crippen molar-refractivity contribution in [2.75, 3.05) is 30.7 Å². The van der Waals surface area contributed by atoms with Crippen LogP contribution in [0.1, 0.15) is 5.56 Å². The Kier molecular flexibility index (Phi) is 3.36. The molecule has 0 aromatic heterocycles. The molecule has 6 nitrogen and oxygen atoms in total. The molecule has 3 N–H and O–H groups in total. The molecule has 0 aliphatic carbocycles. The number of anilines is 2. The maximum Gasteiger partial charge on any atom is 0.410 e. The number of cyclic esters (lactones) is 1. The van der Waals surface area contributed by atoms with Crippen LogP contribution in [0.3, 0.4) is 0 Å². The van der Waals surface area contributed by atoms with E-state index in [2.05, 4.69) is 5.32 Å². The molecule has 0 bridgehead atoms. The second-order valence-electron chi connectivity index (χ2n) is 4.16. The quantitative estimate of drug-likeness (QED) is 0.782. The van der Waals surface area contributed by atoms with E-state index < -0.39 is 6.09 Å². The van der Waals surface area contributed by atoms with Crippen LogP contribution in [-0.4, -0.2) is 36.6 Å². The number of nitrogens with one attached hydrogen (secondary N) is 1. The molecule has 0 saturated carbocycles. The van der Waals surface area contributed by atoms with Crippen molar-refractivity contribution in [2.24, 2.45) is 0 Å². The number of hydrogen-bond donors (Lipinski definition) is 2. The number of nitrogens with zero attached hydrogens (tertiary/aromatic N) is 1. The number of amides is 2. The minimum Gasteiger partial charge on any atom is -0.448 e. The van der Waals surface area contributed by atoms with E-state index in [0.29, 0.717) is 24.5 Å². The van der Waals surface area contributed by atoms with Gasteiger partial charge in [-0.15, -0.1) is 0 Å². The Morgan fingerprint density at radius 1 is 1.56 bits per heavy atom. The van der Waals surface area contributed by atoms with Gasteiger partial charge < -0.3 is 15.8 Å². The molecule has 1 saturated heterocycles. The first-order valence-corrected chi connectivity index (χ1v) is 5.64. The molecule has 2 amide bonds. The Hall–Kier alpha value is -2.24. The van der Waals surface area contributed by atoms with Crippen LogP contribution in [0.4, 0.5) is 16.2 Å². The highest BCUT2D eigenvalue weighted by molar-refractivity contribution is 5.95. The van der Waals surface area contributed by atoms with Crippen molar-refractivity contribution in [3.8, 4) is 0 Å². The molecular formula is C12H15N3O3. The molecular weight excluding hydrogens is 234 g/mol. The fourth-order valence-electron chi connectivity index (χ4n) is 1.71. The third-order valence-corrected chi connectivity index (χ3v) is 2.72. The van der Waals surface area contributed by atoms with Crippen molar-refractivity contribution >= 4 is 23.4 Å². The summed E-state index contributed by atoms with van der Waals surface area (Å²) in [6.07, 6.45) is -0.450. The van der Waals surface area contributed by atoms with Crippen molar-refractivity contribution in [1.82, 2.24) is 4.90 Å². The summed E-state index contributed by atoms with van der Waals surface area (Å²) in [4.78, 5) is 24.3. The van der Waals surface area contributed by atoms with E-state index in [4.69, 9.17) is 10.5 Å². The van der Waals surface area contributed by atoms with Gasteiger partial charge in [0.05, 0.1) is 6.54 Å². The number of nitrogen functional groups attached to an aromatic ring is 1. The average Bonchev–Trinajstić information content (AvgIpc) is 2.70. The normalized spacial score (nSPS) is 14.5. The zero-order valence-corrected chi connectivity index (χ0v) is 10.1. The maximum atomic E-state index is 11.8. The predicted molar refractivity (Wildman–Crippen MR) is 67.1 cm³/mol. The molecule has 1 heterocycles. The number of nitrogens with two attached hydrogens (primary N) is 1. The van der Waals surface area contributed by atoms with Gasteiger partial charge in [-0.05, 0) is 24.6 Å². The van der Waals surface area contributed by atoms with Gasteiger partial charge in [0.25, 0.3) is 0 Å². The minimum absolute atomic E-state index is 0.00687. The van der Waals surface area contributed by atoms with Crippen LogP contribution in [0.5, 0.6) is 0 Å². The number of benzene rings is 1. The Morgan fingerprint density at radius 2 is 2.33 bits per heavy atom. The van der Waals surface area contributed by atoms with Crippen LogP contribution in [0, 0.1) is 6.92 Å². The molecule has 2 rings (SSSR count). The number of rotatable bonds is 3. The summed E-state index contributed by atoms with van der Waals surface area (Å²) in [7, 11) is 0. The highest BCUT2D eigenvalue weighted by Gasteiger charge is 2.24. The van der Waals surface area contributed by atoms with E-state index in [9.17, 15) is 9.59 Å². The molecule has 0 spiro atoms. The van der Waals surface area contributed by atoms with Gasteiger partial charge in [0.15, 0.2) is 0 Å². The van der Waals surface area contributed by atoms with Gasteiger partial charge in [-0.3, -0.25) is 9.69 Å². The summed E-state index contributed by atoms with van der Waals surface area (Å²) in [5, 5.41) is 2.73. The van der Waals surface area contributed by atoms with Gasteiger partial charge in [0, 0.05) is 11.4 Å². The summed E-state index contributed by atoms with van der Waals surface area (Å²) >= 11 is 0. The van der Waals surface area contributed by atoms with Gasteiger partial charge in [0.1, 0.15) is 13.2 Å². The second kappa shape index (κ2) is 4.95. The molecule has 96 valence electrons. The summed E-state index contributed by atoms with van der Waals surface area (Å²) in [5.41, 5.74) is 7.81.